The minimum Gasteiger partial charge on any atom is -0.445 e. The van der Waals surface area contributed by atoms with Gasteiger partial charge in [-0.2, -0.15) is 0 Å². The maximum absolute atomic E-state index is 12.7. The zero-order valence-electron chi connectivity index (χ0n) is 18.3. The van der Waals surface area contributed by atoms with Crippen molar-refractivity contribution in [1.29, 1.82) is 0 Å². The first-order chi connectivity index (χ1) is 15.0. The van der Waals surface area contributed by atoms with Crippen molar-refractivity contribution in [2.75, 3.05) is 6.54 Å². The first kappa shape index (κ1) is 21.4. The molecule has 164 valence electrons. The number of rotatable bonds is 9. The summed E-state index contributed by atoms with van der Waals surface area (Å²) in [4.78, 5) is 25.3. The van der Waals surface area contributed by atoms with E-state index in [2.05, 4.69) is 17.6 Å². The lowest BCUT2D eigenvalue weighted by Gasteiger charge is -2.28. The number of benzene rings is 2. The van der Waals surface area contributed by atoms with Gasteiger partial charge in [0, 0.05) is 12.5 Å². The summed E-state index contributed by atoms with van der Waals surface area (Å²) < 4.78 is 5.49. The molecule has 0 bridgehead atoms. The number of nitrogens with one attached hydrogen (secondary N) is 2. The minimum absolute atomic E-state index is 0.0860. The van der Waals surface area contributed by atoms with E-state index in [-0.39, 0.29) is 35.8 Å². The second kappa shape index (κ2) is 9.13. The first-order valence-electron chi connectivity index (χ1n) is 11.3. The highest BCUT2D eigenvalue weighted by Gasteiger charge is 2.59. The van der Waals surface area contributed by atoms with Gasteiger partial charge >= 0.3 is 6.09 Å². The highest BCUT2D eigenvalue weighted by Crippen LogP contribution is 2.63. The van der Waals surface area contributed by atoms with Gasteiger partial charge in [-0.3, -0.25) is 4.79 Å². The van der Waals surface area contributed by atoms with Crippen LogP contribution in [0.4, 0.5) is 4.79 Å². The molecule has 0 radical (unpaired) electrons. The third kappa shape index (κ3) is 5.27. The fourth-order valence-corrected chi connectivity index (χ4v) is 4.56. The molecule has 2 amide bonds. The fraction of sp³-hybridized carbons (Fsp3) is 0.462. The van der Waals surface area contributed by atoms with E-state index in [1.54, 1.807) is 0 Å². The molecule has 2 aromatic carbocycles. The van der Waals surface area contributed by atoms with Crippen LogP contribution in [0.1, 0.15) is 50.3 Å². The lowest BCUT2D eigenvalue weighted by atomic mass is 9.86. The van der Waals surface area contributed by atoms with Gasteiger partial charge in [0.15, 0.2) is 0 Å². The number of hydrogen-bond acceptors (Lipinski definition) is 3. The highest BCUT2D eigenvalue weighted by atomic mass is 16.5. The molecule has 5 nitrogen and oxygen atoms in total. The third-order valence-electron chi connectivity index (χ3n) is 6.89. The molecule has 2 aromatic rings. The van der Waals surface area contributed by atoms with Gasteiger partial charge in [-0.05, 0) is 47.6 Å². The van der Waals surface area contributed by atoms with Gasteiger partial charge in [0.05, 0.1) is 6.04 Å². The molecular weight excluding hydrogens is 388 g/mol. The largest absolute Gasteiger partial charge is 0.445 e. The molecule has 0 spiro atoms. The summed E-state index contributed by atoms with van der Waals surface area (Å²) in [5.74, 6) is 0.919. The molecule has 0 saturated heterocycles. The van der Waals surface area contributed by atoms with Crippen molar-refractivity contribution in [3.8, 4) is 0 Å². The normalized spacial score (nSPS) is 24.0. The van der Waals surface area contributed by atoms with Gasteiger partial charge in [0.25, 0.3) is 0 Å². The maximum atomic E-state index is 12.7. The molecular formula is C26H32N2O3. The second-order valence-electron chi connectivity index (χ2n) is 9.34. The van der Waals surface area contributed by atoms with Crippen LogP contribution in [0.3, 0.4) is 0 Å². The number of hydrogen-bond donors (Lipinski definition) is 2. The Bertz CT molecular complexity index is 897. The molecule has 4 atom stereocenters. The smallest absolute Gasteiger partial charge is 0.407 e. The number of amides is 2. The summed E-state index contributed by atoms with van der Waals surface area (Å²) in [7, 11) is 0. The summed E-state index contributed by atoms with van der Waals surface area (Å²) in [5, 5.41) is 6.21. The topological polar surface area (TPSA) is 67.4 Å². The molecule has 2 fully saturated rings. The minimum atomic E-state index is -0.435. The summed E-state index contributed by atoms with van der Waals surface area (Å²) in [6, 6.07) is 19.4. The number of ether oxygens (including phenoxy) is 1. The van der Waals surface area contributed by atoms with E-state index in [4.69, 9.17) is 4.74 Å². The number of alkyl carbamates (subject to hydrolysis) is 1. The third-order valence-corrected chi connectivity index (χ3v) is 6.89. The summed E-state index contributed by atoms with van der Waals surface area (Å²) in [6.07, 6.45) is 2.90. The van der Waals surface area contributed by atoms with Crippen LogP contribution in [-0.2, 0) is 16.1 Å². The van der Waals surface area contributed by atoms with Crippen molar-refractivity contribution in [1.82, 2.24) is 10.6 Å². The van der Waals surface area contributed by atoms with E-state index in [0.717, 1.165) is 24.1 Å². The Labute approximate surface area is 184 Å². The fourth-order valence-electron chi connectivity index (χ4n) is 4.56. The van der Waals surface area contributed by atoms with Crippen LogP contribution >= 0.6 is 0 Å². The van der Waals surface area contributed by atoms with Crippen LogP contribution in [-0.4, -0.2) is 18.5 Å². The van der Waals surface area contributed by atoms with Crippen LogP contribution in [0.25, 0.3) is 0 Å². The first-order valence-corrected chi connectivity index (χ1v) is 11.3. The molecule has 5 heteroatoms. The lowest BCUT2D eigenvalue weighted by molar-refractivity contribution is -0.125. The van der Waals surface area contributed by atoms with Crippen molar-refractivity contribution >= 4 is 12.0 Å². The van der Waals surface area contributed by atoms with E-state index in [1.807, 2.05) is 67.6 Å². The molecule has 2 N–H and O–H groups in total. The zero-order valence-corrected chi connectivity index (χ0v) is 18.3. The molecule has 0 heterocycles. The molecule has 0 aliphatic heterocycles. The zero-order chi connectivity index (χ0) is 21.8. The van der Waals surface area contributed by atoms with E-state index in [0.29, 0.717) is 5.92 Å². The maximum Gasteiger partial charge on any atom is 0.407 e. The summed E-state index contributed by atoms with van der Waals surface area (Å²) >= 11 is 0. The molecule has 2 aliphatic carbocycles. The Hall–Kier alpha value is -2.82. The van der Waals surface area contributed by atoms with Gasteiger partial charge in [-0.1, -0.05) is 74.5 Å². The van der Waals surface area contributed by atoms with E-state index >= 15 is 0 Å². The van der Waals surface area contributed by atoms with E-state index < -0.39 is 6.09 Å². The van der Waals surface area contributed by atoms with Crippen molar-refractivity contribution in [3.63, 3.8) is 0 Å². The number of carbonyl (C=O) groups is 2. The van der Waals surface area contributed by atoms with Crippen LogP contribution in [0.15, 0.2) is 60.7 Å². The van der Waals surface area contributed by atoms with Crippen molar-refractivity contribution in [2.24, 2.45) is 23.2 Å². The van der Waals surface area contributed by atoms with E-state index in [9.17, 15) is 9.59 Å². The standard InChI is InChI=1S/C26H32N2O3/c1-18(24(29)27-16-19-13-14-19)22-15-26(22,2)23(21-11-7-4-8-12-21)28-25(30)31-17-20-9-5-3-6-10-20/h3-12,18-19,22-23H,13-17H2,1-2H3,(H,27,29)(H,28,30)/t18?,22?,23?,26-/m0/s1. The van der Waals surface area contributed by atoms with Crippen molar-refractivity contribution < 1.29 is 14.3 Å². The van der Waals surface area contributed by atoms with Crippen LogP contribution in [0.5, 0.6) is 0 Å². The van der Waals surface area contributed by atoms with Gasteiger partial charge < -0.3 is 15.4 Å². The Morgan fingerprint density at radius 1 is 1.06 bits per heavy atom. The highest BCUT2D eigenvalue weighted by molar-refractivity contribution is 5.79. The quantitative estimate of drug-likeness (QED) is 0.610. The van der Waals surface area contributed by atoms with Crippen LogP contribution in [0, 0.1) is 23.2 Å². The Kier molecular flexibility index (Phi) is 6.30. The van der Waals surface area contributed by atoms with E-state index in [1.165, 1.54) is 12.8 Å². The Morgan fingerprint density at radius 2 is 1.71 bits per heavy atom. The summed E-state index contributed by atoms with van der Waals surface area (Å²) in [6.45, 7) is 5.19. The Balaban J connectivity index is 1.41. The average molecular weight is 421 g/mol. The molecule has 31 heavy (non-hydrogen) atoms. The lowest BCUT2D eigenvalue weighted by Crippen LogP contribution is -2.37. The van der Waals surface area contributed by atoms with Crippen molar-refractivity contribution in [3.05, 3.63) is 71.8 Å². The van der Waals surface area contributed by atoms with Gasteiger partial charge in [0.2, 0.25) is 5.91 Å². The average Bonchev–Trinajstić information content (AvgIpc) is 3.72. The second-order valence-corrected chi connectivity index (χ2v) is 9.34. The number of carbonyl (C=O) groups excluding carboxylic acids is 2. The predicted octanol–water partition coefficient (Wildman–Crippen LogP) is 4.84. The van der Waals surface area contributed by atoms with Gasteiger partial charge in [-0.25, -0.2) is 4.79 Å². The van der Waals surface area contributed by atoms with Crippen LogP contribution in [0.2, 0.25) is 0 Å². The van der Waals surface area contributed by atoms with Gasteiger partial charge in [0.1, 0.15) is 6.61 Å². The summed E-state index contributed by atoms with van der Waals surface area (Å²) in [5.41, 5.74) is 1.80. The molecule has 0 aromatic heterocycles. The Morgan fingerprint density at radius 3 is 2.35 bits per heavy atom. The predicted molar refractivity (Wildman–Crippen MR) is 120 cm³/mol. The van der Waals surface area contributed by atoms with Gasteiger partial charge in [-0.15, -0.1) is 0 Å². The molecule has 3 unspecified atom stereocenters. The van der Waals surface area contributed by atoms with Crippen molar-refractivity contribution in [2.45, 2.75) is 45.8 Å². The molecule has 4 rings (SSSR count). The molecule has 2 aliphatic rings. The van der Waals surface area contributed by atoms with Crippen LogP contribution < -0.4 is 10.6 Å². The molecule has 2 saturated carbocycles. The monoisotopic (exact) mass is 420 g/mol. The SMILES string of the molecule is CC(C(=O)NCC1CC1)C1C[C@]1(C)C(NC(=O)OCc1ccccc1)c1ccccc1.